The number of hydrogen-bond donors (Lipinski definition) is 0. The summed E-state index contributed by atoms with van der Waals surface area (Å²) >= 11 is 0. The number of carbonyl (C=O) groups excluding carboxylic acids is 1. The third-order valence-electron chi connectivity index (χ3n) is 1.66. The van der Waals surface area contributed by atoms with E-state index in [9.17, 15) is 4.79 Å². The highest BCUT2D eigenvalue weighted by molar-refractivity contribution is 5.79. The van der Waals surface area contributed by atoms with Crippen molar-refractivity contribution in [2.45, 2.75) is 52.4 Å². The van der Waals surface area contributed by atoms with Crippen molar-refractivity contribution in [3.05, 3.63) is 0 Å². The first-order valence-electron chi connectivity index (χ1n) is 4.33. The van der Waals surface area contributed by atoms with Crippen LogP contribution in [0.1, 0.15) is 52.4 Å². The molecule has 0 N–H and O–H groups in total. The van der Waals surface area contributed by atoms with E-state index in [1.54, 1.807) is 0 Å². The van der Waals surface area contributed by atoms with Gasteiger partial charge >= 0.3 is 0 Å². The molecule has 0 aromatic rings. The SMILES string of the molecule is CCCC.O=C1CCCC1. The van der Waals surface area contributed by atoms with E-state index in [2.05, 4.69) is 13.8 Å². The Balaban J connectivity index is 0.000000180. The van der Waals surface area contributed by atoms with E-state index in [1.165, 1.54) is 12.8 Å². The number of carbonyl (C=O) groups is 1. The lowest BCUT2D eigenvalue weighted by atomic mass is 10.4. The molecule has 0 radical (unpaired) electrons. The first kappa shape index (κ1) is 9.67. The van der Waals surface area contributed by atoms with Gasteiger partial charge in [0, 0.05) is 12.8 Å². The lowest BCUT2D eigenvalue weighted by Crippen LogP contribution is -1.81. The zero-order chi connectivity index (χ0) is 7.82. The number of hydrogen-bond acceptors (Lipinski definition) is 1. The van der Waals surface area contributed by atoms with E-state index < -0.39 is 0 Å². The summed E-state index contributed by atoms with van der Waals surface area (Å²) in [5.41, 5.74) is 0. The van der Waals surface area contributed by atoms with Crippen LogP contribution in [0.3, 0.4) is 0 Å². The second-order valence-corrected chi connectivity index (χ2v) is 2.75. The van der Waals surface area contributed by atoms with Gasteiger partial charge in [0.1, 0.15) is 5.78 Å². The summed E-state index contributed by atoms with van der Waals surface area (Å²) in [6.45, 7) is 4.36. The summed E-state index contributed by atoms with van der Waals surface area (Å²) in [6, 6.07) is 0. The minimum Gasteiger partial charge on any atom is -0.300 e. The Kier molecular flexibility index (Phi) is 6.56. The summed E-state index contributed by atoms with van der Waals surface area (Å²) in [4.78, 5) is 10.2. The van der Waals surface area contributed by atoms with Gasteiger partial charge < -0.3 is 0 Å². The van der Waals surface area contributed by atoms with Gasteiger partial charge in [-0.15, -0.1) is 0 Å². The fourth-order valence-electron chi connectivity index (χ4n) is 0.769. The minimum absolute atomic E-state index is 0.454. The molecule has 0 spiro atoms. The van der Waals surface area contributed by atoms with E-state index in [-0.39, 0.29) is 0 Å². The third kappa shape index (κ3) is 5.80. The molecule has 1 nitrogen and oxygen atoms in total. The average molecular weight is 142 g/mol. The molecular weight excluding hydrogens is 124 g/mol. The lowest BCUT2D eigenvalue weighted by Gasteiger charge is -1.71. The van der Waals surface area contributed by atoms with Crippen LogP contribution in [0, 0.1) is 0 Å². The topological polar surface area (TPSA) is 17.1 Å². The Labute approximate surface area is 63.8 Å². The molecule has 0 amide bonds. The standard InChI is InChI=1S/C5H8O.C4H10/c6-5-3-1-2-4-5;1-3-4-2/h1-4H2;3-4H2,1-2H3. The molecule has 0 unspecified atom stereocenters. The molecule has 0 heterocycles. The molecule has 0 saturated heterocycles. The molecule has 10 heavy (non-hydrogen) atoms. The molecule has 0 bridgehead atoms. The average Bonchev–Trinajstić information content (AvgIpc) is 2.40. The van der Waals surface area contributed by atoms with Crippen molar-refractivity contribution in [2.24, 2.45) is 0 Å². The molecule has 1 heteroatoms. The summed E-state index contributed by atoms with van der Waals surface area (Å²) in [5.74, 6) is 0.454. The van der Waals surface area contributed by atoms with Crippen molar-refractivity contribution in [3.63, 3.8) is 0 Å². The van der Waals surface area contributed by atoms with Crippen LogP contribution in [-0.2, 0) is 4.79 Å². The monoisotopic (exact) mass is 142 g/mol. The Bertz CT molecular complexity index is 76.7. The van der Waals surface area contributed by atoms with Gasteiger partial charge in [-0.25, -0.2) is 0 Å². The van der Waals surface area contributed by atoms with Crippen LogP contribution in [0.25, 0.3) is 0 Å². The molecule has 0 aromatic heterocycles. The third-order valence-corrected chi connectivity index (χ3v) is 1.66. The van der Waals surface area contributed by atoms with Crippen LogP contribution in [0.2, 0.25) is 0 Å². The van der Waals surface area contributed by atoms with Crippen LogP contribution in [-0.4, -0.2) is 5.78 Å². The first-order chi connectivity index (χ1) is 4.81. The molecule has 1 saturated carbocycles. The summed E-state index contributed by atoms with van der Waals surface area (Å²) in [5, 5.41) is 0. The minimum atomic E-state index is 0.454. The van der Waals surface area contributed by atoms with Crippen molar-refractivity contribution in [1.82, 2.24) is 0 Å². The van der Waals surface area contributed by atoms with E-state index in [0.717, 1.165) is 25.7 Å². The van der Waals surface area contributed by atoms with Crippen LogP contribution in [0.15, 0.2) is 0 Å². The smallest absolute Gasteiger partial charge is 0.132 e. The molecule has 1 rings (SSSR count). The van der Waals surface area contributed by atoms with E-state index in [0.29, 0.717) is 5.78 Å². The van der Waals surface area contributed by atoms with Gasteiger partial charge in [-0.05, 0) is 12.8 Å². The maximum absolute atomic E-state index is 10.2. The zero-order valence-corrected chi connectivity index (χ0v) is 7.15. The maximum atomic E-state index is 10.2. The van der Waals surface area contributed by atoms with Crippen molar-refractivity contribution < 1.29 is 4.79 Å². The Morgan fingerprint density at radius 1 is 1.10 bits per heavy atom. The maximum Gasteiger partial charge on any atom is 0.132 e. The largest absolute Gasteiger partial charge is 0.300 e. The number of unbranched alkanes of at least 4 members (excludes halogenated alkanes) is 1. The van der Waals surface area contributed by atoms with Crippen molar-refractivity contribution in [2.75, 3.05) is 0 Å². The molecule has 0 aliphatic heterocycles. The number of rotatable bonds is 1. The summed E-state index contributed by atoms with van der Waals surface area (Å²) < 4.78 is 0. The molecule has 1 aliphatic rings. The van der Waals surface area contributed by atoms with Crippen LogP contribution in [0.5, 0.6) is 0 Å². The van der Waals surface area contributed by atoms with Gasteiger partial charge in [-0.2, -0.15) is 0 Å². The predicted octanol–water partition coefficient (Wildman–Crippen LogP) is 2.94. The fraction of sp³-hybridized carbons (Fsp3) is 0.889. The highest BCUT2D eigenvalue weighted by Crippen LogP contribution is 2.11. The lowest BCUT2D eigenvalue weighted by molar-refractivity contribution is -0.117. The van der Waals surface area contributed by atoms with Gasteiger partial charge in [-0.1, -0.05) is 26.7 Å². The molecule has 60 valence electrons. The van der Waals surface area contributed by atoms with Crippen LogP contribution >= 0.6 is 0 Å². The van der Waals surface area contributed by atoms with Gasteiger partial charge in [0.05, 0.1) is 0 Å². The Morgan fingerprint density at radius 2 is 1.50 bits per heavy atom. The van der Waals surface area contributed by atoms with Crippen LogP contribution in [0.4, 0.5) is 0 Å². The second kappa shape index (κ2) is 6.79. The van der Waals surface area contributed by atoms with Crippen molar-refractivity contribution >= 4 is 5.78 Å². The fourth-order valence-corrected chi connectivity index (χ4v) is 0.769. The van der Waals surface area contributed by atoms with Gasteiger partial charge in [0.25, 0.3) is 0 Å². The van der Waals surface area contributed by atoms with Crippen molar-refractivity contribution in [3.8, 4) is 0 Å². The number of Topliss-reactive ketones (excluding diaryl/α,β-unsaturated/α-hetero) is 1. The van der Waals surface area contributed by atoms with Crippen molar-refractivity contribution in [1.29, 1.82) is 0 Å². The Morgan fingerprint density at radius 3 is 1.60 bits per heavy atom. The molecule has 1 fully saturated rings. The van der Waals surface area contributed by atoms with E-state index in [4.69, 9.17) is 0 Å². The highest BCUT2D eigenvalue weighted by Gasteiger charge is 2.07. The van der Waals surface area contributed by atoms with E-state index >= 15 is 0 Å². The highest BCUT2D eigenvalue weighted by atomic mass is 16.1. The molecule has 0 aromatic carbocycles. The number of ketones is 1. The Hall–Kier alpha value is -0.330. The first-order valence-corrected chi connectivity index (χ1v) is 4.33. The normalized spacial score (nSPS) is 16.4. The van der Waals surface area contributed by atoms with Gasteiger partial charge in [0.2, 0.25) is 0 Å². The molecule has 0 atom stereocenters. The zero-order valence-electron chi connectivity index (χ0n) is 7.15. The van der Waals surface area contributed by atoms with Crippen LogP contribution < -0.4 is 0 Å². The quantitative estimate of drug-likeness (QED) is 0.550. The van der Waals surface area contributed by atoms with Gasteiger partial charge in [-0.3, -0.25) is 4.79 Å². The summed E-state index contributed by atoms with van der Waals surface area (Å²) in [6.07, 6.45) is 6.61. The second-order valence-electron chi connectivity index (χ2n) is 2.75. The molecular formula is C9H18O. The van der Waals surface area contributed by atoms with Gasteiger partial charge in [0.15, 0.2) is 0 Å². The molecule has 1 aliphatic carbocycles. The predicted molar refractivity (Wildman–Crippen MR) is 44.1 cm³/mol. The van der Waals surface area contributed by atoms with E-state index in [1.807, 2.05) is 0 Å². The summed E-state index contributed by atoms with van der Waals surface area (Å²) in [7, 11) is 0.